The molecule has 1 N–H and O–H groups in total. The van der Waals surface area contributed by atoms with E-state index in [0.717, 1.165) is 11.6 Å². The number of carbonyl (C=O) groups is 3. The number of ketones is 1. The summed E-state index contributed by atoms with van der Waals surface area (Å²) in [5, 5.41) is 3.24. The Bertz CT molecular complexity index is 1380. The van der Waals surface area contributed by atoms with E-state index < -0.39 is 34.1 Å². The smallest absolute Gasteiger partial charge is 0.338 e. The topological polar surface area (TPSA) is 107 Å². The number of amides is 1. The number of carbonyl (C=O) groups excluding carboxylic acids is 3. The van der Waals surface area contributed by atoms with Crippen molar-refractivity contribution in [1.82, 2.24) is 5.32 Å². The predicted octanol–water partition coefficient (Wildman–Crippen LogP) is 3.23. The Balaban J connectivity index is 1.40. The molecule has 0 saturated heterocycles. The van der Waals surface area contributed by atoms with E-state index in [0.29, 0.717) is 18.0 Å². The lowest BCUT2D eigenvalue weighted by Gasteiger charge is -2.19. The van der Waals surface area contributed by atoms with Crippen molar-refractivity contribution in [2.45, 2.75) is 16.2 Å². The van der Waals surface area contributed by atoms with Crippen LogP contribution in [0.2, 0.25) is 5.02 Å². The number of halogens is 1. The lowest BCUT2D eigenvalue weighted by atomic mass is 10.0. The first-order chi connectivity index (χ1) is 15.8. The van der Waals surface area contributed by atoms with Crippen molar-refractivity contribution >= 4 is 39.1 Å². The summed E-state index contributed by atoms with van der Waals surface area (Å²) in [6, 6.07) is 16.9. The van der Waals surface area contributed by atoms with Gasteiger partial charge < -0.3 is 10.1 Å². The van der Waals surface area contributed by atoms with Crippen LogP contribution in [0.3, 0.4) is 0 Å². The molecule has 1 heterocycles. The minimum atomic E-state index is -3.98. The zero-order valence-corrected chi connectivity index (χ0v) is 18.8. The molecule has 0 unspecified atom stereocenters. The largest absolute Gasteiger partial charge is 0.452 e. The monoisotopic (exact) mass is 483 g/mol. The zero-order chi connectivity index (χ0) is 23.6. The van der Waals surface area contributed by atoms with Crippen LogP contribution in [0, 0.1) is 0 Å². The normalized spacial score (nSPS) is 13.5. The molecular weight excluding hydrogens is 466 g/mol. The maximum atomic E-state index is 13.0. The molecule has 1 aliphatic heterocycles. The molecule has 3 aromatic carbocycles. The van der Waals surface area contributed by atoms with Gasteiger partial charge in [-0.1, -0.05) is 35.9 Å². The Morgan fingerprint density at radius 3 is 2.45 bits per heavy atom. The molecule has 9 heteroatoms. The highest BCUT2D eigenvalue weighted by Gasteiger charge is 2.35. The number of fused-ring (bicyclic) bond motifs is 2. The Morgan fingerprint density at radius 1 is 0.909 bits per heavy atom. The van der Waals surface area contributed by atoms with Crippen LogP contribution in [-0.2, 0) is 25.8 Å². The molecule has 1 aliphatic rings. The summed E-state index contributed by atoms with van der Waals surface area (Å²) in [5.41, 5.74) is 0.959. The van der Waals surface area contributed by atoms with Gasteiger partial charge in [-0.05, 0) is 54.4 Å². The van der Waals surface area contributed by atoms with E-state index in [2.05, 4.69) is 5.32 Å². The molecule has 7 nitrogen and oxygen atoms in total. The number of ether oxygens (including phenoxy) is 1. The summed E-state index contributed by atoms with van der Waals surface area (Å²) in [6.07, 6.45) is 0.554. The van der Waals surface area contributed by atoms with Gasteiger partial charge in [-0.2, -0.15) is 0 Å². The fraction of sp³-hybridized carbons (Fsp3) is 0.125. The van der Waals surface area contributed by atoms with Crippen LogP contribution < -0.4 is 5.32 Å². The minimum absolute atomic E-state index is 0.0102. The Labute approximate surface area is 195 Å². The highest BCUT2D eigenvalue weighted by atomic mass is 35.5. The summed E-state index contributed by atoms with van der Waals surface area (Å²) in [6.45, 7) is -0.199. The van der Waals surface area contributed by atoms with Gasteiger partial charge in [0.05, 0.1) is 15.4 Å². The molecule has 0 radical (unpaired) electrons. The molecule has 1 amide bonds. The molecule has 0 aliphatic carbocycles. The van der Waals surface area contributed by atoms with Crippen molar-refractivity contribution in [3.8, 4) is 0 Å². The van der Waals surface area contributed by atoms with Gasteiger partial charge in [-0.25, -0.2) is 13.2 Å². The Hall–Kier alpha value is -3.49. The molecule has 33 heavy (non-hydrogen) atoms. The van der Waals surface area contributed by atoms with Gasteiger partial charge in [-0.3, -0.25) is 9.59 Å². The molecule has 0 aromatic heterocycles. The van der Waals surface area contributed by atoms with Gasteiger partial charge in [0.15, 0.2) is 12.4 Å². The lowest BCUT2D eigenvalue weighted by molar-refractivity contribution is -0.124. The van der Waals surface area contributed by atoms with Crippen LogP contribution in [0.4, 0.5) is 0 Å². The number of benzene rings is 3. The number of hydrogen-bond acceptors (Lipinski definition) is 6. The van der Waals surface area contributed by atoms with Crippen molar-refractivity contribution in [2.24, 2.45) is 0 Å². The maximum absolute atomic E-state index is 13.0. The van der Waals surface area contributed by atoms with Crippen molar-refractivity contribution in [3.05, 3.63) is 94.0 Å². The maximum Gasteiger partial charge on any atom is 0.338 e. The van der Waals surface area contributed by atoms with Crippen LogP contribution in [0.1, 0.15) is 31.8 Å². The Morgan fingerprint density at radius 2 is 1.67 bits per heavy atom. The van der Waals surface area contributed by atoms with Crippen molar-refractivity contribution in [1.29, 1.82) is 0 Å². The summed E-state index contributed by atoms with van der Waals surface area (Å²) in [5.74, 6) is -1.81. The summed E-state index contributed by atoms with van der Waals surface area (Å²) >= 11 is 5.92. The highest BCUT2D eigenvalue weighted by Crippen LogP contribution is 2.34. The molecule has 0 atom stereocenters. The van der Waals surface area contributed by atoms with Crippen molar-refractivity contribution in [2.75, 3.05) is 13.2 Å². The summed E-state index contributed by atoms with van der Waals surface area (Å²) < 4.78 is 30.9. The third-order valence-electron chi connectivity index (χ3n) is 5.13. The van der Waals surface area contributed by atoms with Crippen LogP contribution in [-0.4, -0.2) is 39.2 Å². The second-order valence-electron chi connectivity index (χ2n) is 7.35. The van der Waals surface area contributed by atoms with Gasteiger partial charge in [0.1, 0.15) is 0 Å². The van der Waals surface area contributed by atoms with Crippen LogP contribution in [0.5, 0.6) is 0 Å². The number of rotatable bonds is 6. The van der Waals surface area contributed by atoms with E-state index in [-0.39, 0.29) is 26.5 Å². The quantitative estimate of drug-likeness (QED) is 0.422. The Kier molecular flexibility index (Phi) is 6.31. The van der Waals surface area contributed by atoms with Crippen LogP contribution >= 0.6 is 11.6 Å². The van der Waals surface area contributed by atoms with E-state index >= 15 is 0 Å². The second-order valence-corrected chi connectivity index (χ2v) is 9.67. The highest BCUT2D eigenvalue weighted by molar-refractivity contribution is 7.91. The summed E-state index contributed by atoms with van der Waals surface area (Å²) in [7, 11) is -3.98. The molecule has 0 fully saturated rings. The summed E-state index contributed by atoms with van der Waals surface area (Å²) in [4.78, 5) is 36.7. The molecule has 0 spiro atoms. The van der Waals surface area contributed by atoms with Crippen molar-refractivity contribution in [3.63, 3.8) is 0 Å². The fourth-order valence-corrected chi connectivity index (χ4v) is 5.41. The van der Waals surface area contributed by atoms with Gasteiger partial charge in [0.25, 0.3) is 5.91 Å². The van der Waals surface area contributed by atoms with Crippen LogP contribution in [0.25, 0.3) is 0 Å². The first-order valence-electron chi connectivity index (χ1n) is 9.98. The fourth-order valence-electron chi connectivity index (χ4n) is 3.52. The van der Waals surface area contributed by atoms with Gasteiger partial charge in [-0.15, -0.1) is 0 Å². The number of hydrogen-bond donors (Lipinski definition) is 1. The molecule has 168 valence electrons. The standard InChI is InChI=1S/C24H18ClNO6S/c25-17-5-3-4-15(12-17)10-11-26-22(27)14-32-24(29)16-8-9-19-21(13-16)33(30,31)20-7-2-1-6-18(20)23(19)28/h1-9,12-13H,10-11,14H2,(H,26,27). The van der Waals surface area contributed by atoms with E-state index in [1.54, 1.807) is 18.2 Å². The average molecular weight is 484 g/mol. The lowest BCUT2D eigenvalue weighted by Crippen LogP contribution is -2.30. The third kappa shape index (κ3) is 4.67. The number of nitrogens with one attached hydrogen (secondary N) is 1. The molecule has 0 saturated carbocycles. The minimum Gasteiger partial charge on any atom is -0.452 e. The predicted molar refractivity (Wildman–Crippen MR) is 120 cm³/mol. The van der Waals surface area contributed by atoms with E-state index in [4.69, 9.17) is 16.3 Å². The van der Waals surface area contributed by atoms with E-state index in [9.17, 15) is 22.8 Å². The average Bonchev–Trinajstić information content (AvgIpc) is 2.81. The van der Waals surface area contributed by atoms with Gasteiger partial charge >= 0.3 is 5.97 Å². The zero-order valence-electron chi connectivity index (χ0n) is 17.2. The van der Waals surface area contributed by atoms with Crippen molar-refractivity contribution < 1.29 is 27.5 Å². The second kappa shape index (κ2) is 9.17. The first-order valence-corrected chi connectivity index (χ1v) is 11.8. The molecular formula is C24H18ClNO6S. The number of sulfone groups is 1. The van der Waals surface area contributed by atoms with Gasteiger partial charge in [0.2, 0.25) is 9.84 Å². The van der Waals surface area contributed by atoms with Crippen LogP contribution in [0.15, 0.2) is 76.5 Å². The molecule has 0 bridgehead atoms. The first kappa shape index (κ1) is 22.7. The number of esters is 1. The van der Waals surface area contributed by atoms with E-state index in [1.165, 1.54) is 30.3 Å². The SMILES string of the molecule is O=C(COC(=O)c1ccc2c(c1)S(=O)(=O)c1ccccc1C2=O)NCCc1cccc(Cl)c1. The molecule has 4 rings (SSSR count). The third-order valence-corrected chi connectivity index (χ3v) is 7.22. The van der Waals surface area contributed by atoms with Gasteiger partial charge in [0, 0.05) is 22.7 Å². The molecule has 3 aromatic rings. The van der Waals surface area contributed by atoms with E-state index in [1.807, 2.05) is 12.1 Å².